The first-order valence-electron chi connectivity index (χ1n) is 29.9. The Labute approximate surface area is 533 Å². The molecule has 0 aromatic rings. The second-order valence-electron chi connectivity index (χ2n) is 23.9. The molecule has 542 valence electrons. The Bertz CT molecular complexity index is 2510. The Morgan fingerprint density at radius 3 is 1.38 bits per heavy atom. The van der Waals surface area contributed by atoms with Gasteiger partial charge in [-0.05, 0) is 13.8 Å². The summed E-state index contributed by atoms with van der Waals surface area (Å²) in [6.45, 7) is 0.782. The first-order chi connectivity index (χ1) is 44.1. The van der Waals surface area contributed by atoms with Crippen molar-refractivity contribution < 1.29 is 183 Å². The van der Waals surface area contributed by atoms with Crippen molar-refractivity contribution in [1.29, 1.82) is 0 Å². The van der Waals surface area contributed by atoms with Crippen molar-refractivity contribution in [3.63, 3.8) is 0 Å². The van der Waals surface area contributed by atoms with Crippen LogP contribution in [0.5, 0.6) is 0 Å². The van der Waals surface area contributed by atoms with Crippen LogP contribution in [0.1, 0.15) is 48.0 Å². The topological polar surface area (TPSA) is 638 Å². The van der Waals surface area contributed by atoms with Crippen molar-refractivity contribution in [2.24, 2.45) is 0 Å². The van der Waals surface area contributed by atoms with E-state index in [0.29, 0.717) is 0 Å². The zero-order valence-corrected chi connectivity index (χ0v) is 51.3. The summed E-state index contributed by atoms with van der Waals surface area (Å²) in [5.41, 5.74) is 0. The maximum Gasteiger partial charge on any atom is 0.364 e. The van der Waals surface area contributed by atoms with Crippen molar-refractivity contribution in [3.8, 4) is 0 Å². The van der Waals surface area contributed by atoms with Gasteiger partial charge in [-0.25, -0.2) is 4.79 Å². The van der Waals surface area contributed by atoms with E-state index in [2.05, 4.69) is 21.3 Å². The molecule has 94 heavy (non-hydrogen) atoms. The molecule has 0 aromatic carbocycles. The molecule has 41 heteroatoms. The van der Waals surface area contributed by atoms with E-state index in [1.54, 1.807) is 0 Å². The minimum absolute atomic E-state index is 0.818. The fraction of sp³-hybridized carbons (Fsp3) is 0.906. The summed E-state index contributed by atoms with van der Waals surface area (Å²) < 4.78 is 76.9. The van der Waals surface area contributed by atoms with Gasteiger partial charge in [-0.2, -0.15) is 0 Å². The van der Waals surface area contributed by atoms with E-state index in [9.17, 15) is 121 Å². The maximum absolute atomic E-state index is 13.4. The molecular weight excluding hydrogens is 1280 g/mol. The number of carbonyl (C=O) groups excluding carboxylic acids is 4. The van der Waals surface area contributed by atoms with Gasteiger partial charge in [0.15, 0.2) is 37.7 Å². The van der Waals surface area contributed by atoms with Crippen molar-refractivity contribution in [3.05, 3.63) is 0 Å². The highest BCUT2D eigenvalue weighted by atomic mass is 16.8. The van der Waals surface area contributed by atoms with Crippen molar-refractivity contribution >= 4 is 29.6 Å². The van der Waals surface area contributed by atoms with Crippen molar-refractivity contribution in [2.75, 3.05) is 33.0 Å². The second-order valence-corrected chi connectivity index (χ2v) is 23.9. The lowest BCUT2D eigenvalue weighted by Gasteiger charge is -2.52. The predicted molar refractivity (Wildman–Crippen MR) is 293 cm³/mol. The smallest absolute Gasteiger partial charge is 0.364 e. The largest absolute Gasteiger partial charge is 0.477 e. The Morgan fingerprint density at radius 1 is 0.447 bits per heavy atom. The summed E-state index contributed by atoms with van der Waals surface area (Å²) in [7, 11) is 0. The van der Waals surface area contributed by atoms with Crippen LogP contribution in [-0.2, 0) is 85.6 Å². The summed E-state index contributed by atoms with van der Waals surface area (Å²) in [4.78, 5) is 64.1. The molecule has 4 amide bonds. The highest BCUT2D eigenvalue weighted by Crippen LogP contribution is 2.40. The van der Waals surface area contributed by atoms with Crippen molar-refractivity contribution in [1.82, 2.24) is 21.3 Å². The van der Waals surface area contributed by atoms with Crippen LogP contribution < -0.4 is 21.3 Å². The van der Waals surface area contributed by atoms with Crippen LogP contribution in [0.4, 0.5) is 0 Å². The van der Waals surface area contributed by atoms with Crippen LogP contribution in [0.25, 0.3) is 0 Å². The number of hydrogen-bond acceptors (Lipinski definition) is 36. The van der Waals surface area contributed by atoms with Crippen LogP contribution in [0.2, 0.25) is 0 Å². The van der Waals surface area contributed by atoms with Crippen LogP contribution in [0.15, 0.2) is 0 Å². The number of aliphatic hydroxyl groups excluding tert-OH is 18. The summed E-state index contributed by atoms with van der Waals surface area (Å²) in [5.74, 6) is -8.65. The highest BCUT2D eigenvalue weighted by Gasteiger charge is 2.61. The van der Waals surface area contributed by atoms with Gasteiger partial charge in [0.1, 0.15) is 152 Å². The molecule has 0 aliphatic carbocycles. The quantitative estimate of drug-likeness (QED) is 0.0427. The monoisotopic (exact) mass is 1370 g/mol. The lowest BCUT2D eigenvalue weighted by atomic mass is 9.88. The van der Waals surface area contributed by atoms with Gasteiger partial charge in [-0.15, -0.1) is 0 Å². The Hall–Kier alpha value is -3.89. The minimum atomic E-state index is -3.06. The molecule has 7 heterocycles. The molecule has 7 saturated heterocycles. The molecule has 0 spiro atoms. The number of nitrogens with one attached hydrogen (secondary N) is 4. The molecular formula is C53H88N4O37. The second kappa shape index (κ2) is 32.9. The molecule has 23 N–H and O–H groups in total. The van der Waals surface area contributed by atoms with Gasteiger partial charge < -0.3 is 180 Å². The maximum atomic E-state index is 13.4. The Morgan fingerprint density at radius 2 is 0.872 bits per heavy atom. The van der Waals surface area contributed by atoms with Crippen LogP contribution in [-0.4, -0.2) is 380 Å². The fourth-order valence-electron chi connectivity index (χ4n) is 12.1. The van der Waals surface area contributed by atoms with Gasteiger partial charge in [0, 0.05) is 34.1 Å². The molecule has 1 unspecified atom stereocenters. The van der Waals surface area contributed by atoms with Crippen molar-refractivity contribution in [2.45, 2.75) is 268 Å². The summed E-state index contributed by atoms with van der Waals surface area (Å²) >= 11 is 0. The lowest BCUT2D eigenvalue weighted by Crippen LogP contribution is -2.72. The lowest BCUT2D eigenvalue weighted by molar-refractivity contribution is -0.391. The number of ether oxygens (including phenoxy) is 13. The number of aliphatic hydroxyl groups is 18. The van der Waals surface area contributed by atoms with Gasteiger partial charge in [0.25, 0.3) is 5.79 Å². The third-order valence-corrected chi connectivity index (χ3v) is 17.0. The summed E-state index contributed by atoms with van der Waals surface area (Å²) in [5, 5.41) is 218. The van der Waals surface area contributed by atoms with E-state index in [0.717, 1.165) is 27.7 Å². The molecule has 36 atom stereocenters. The zero-order valence-electron chi connectivity index (χ0n) is 51.3. The predicted octanol–water partition coefficient (Wildman–Crippen LogP) is -14.4. The minimum Gasteiger partial charge on any atom is -0.477 e. The molecule has 7 aliphatic heterocycles. The number of carboxylic acids is 1. The van der Waals surface area contributed by atoms with E-state index in [1.165, 1.54) is 13.8 Å². The Balaban J connectivity index is 1.22. The van der Waals surface area contributed by atoms with Gasteiger partial charge in [0.2, 0.25) is 23.6 Å². The van der Waals surface area contributed by atoms with E-state index in [1.807, 2.05) is 0 Å². The Kier molecular flexibility index (Phi) is 27.1. The average Bonchev–Trinajstić information content (AvgIpc) is 0.771. The normalized spacial score (nSPS) is 46.7. The van der Waals surface area contributed by atoms with Gasteiger partial charge in [-0.3, -0.25) is 19.2 Å². The SMILES string of the molecule is CC(=O)N[C@H]1[C@H](O[C@H]2[C@@H](O)[C@@H](CO)O[C@@H](O[C@H]3[C@H](O[C@@H]4O[C@@H](C)[C@@H](O)[C@@H](O)[C@@H]4O)[C@@H](NC(C)=O)[C@H](O[C@H]4[C@@H](O)[C@@H](CO[C@]5(C(=O)O)C[C@H](O)[C@@H](NC(C)=O)[C@H]([C@H](O)[C@H](O)CO)O5)OC(O)[C@@H]4NC(C)=O)O[C@@H]3CO)[C@@H]2O)O[C@H](CO)[C@@H](O[C@@H]2O[C@@H](C)[C@@H](O)[C@@H](O)[C@@H]2O)[C@@H]1O. The summed E-state index contributed by atoms with van der Waals surface area (Å²) in [6.07, 6.45) is -62.2. The van der Waals surface area contributed by atoms with E-state index >= 15 is 0 Å². The van der Waals surface area contributed by atoms with Gasteiger partial charge >= 0.3 is 5.97 Å². The number of aliphatic carboxylic acids is 1. The fourth-order valence-corrected chi connectivity index (χ4v) is 12.1. The molecule has 0 radical (unpaired) electrons. The molecule has 7 fully saturated rings. The van der Waals surface area contributed by atoms with E-state index in [-0.39, 0.29) is 0 Å². The number of carboxylic acid groups (broad SMARTS) is 1. The molecule has 7 aliphatic rings. The zero-order chi connectivity index (χ0) is 69.9. The molecule has 0 bridgehead atoms. The molecule has 7 rings (SSSR count). The average molecular weight is 1370 g/mol. The summed E-state index contributed by atoms with van der Waals surface area (Å²) in [6, 6.07) is -7.32. The standard InChI is InChI=1S/C53H88N4O37/c1-13-29(68)35(74)37(76)49(83-13)89-40-22(10-60)87-47(26(34(40)73)55-16(4)63)93-45-32(71)21(9-59)86-51(39(45)78)90-41-23(11-61)88-48(28(57-18(6)65)44(41)92-50-38(77)36(75)30(69)14(2)84-50)91-42-27(56-17(5)64)46(79)85-24(33(42)72)12-82-53(52(80)81)7-19(66)25(54-15(3)62)43(94-53)31(70)20(67)8-58/h13-14,19-51,58-61,66-79H,7-12H2,1-6H3,(H,54,62)(H,55,63)(H,56,64)(H,57,65)(H,80,81)/t13-,14-,19-,20+,21+,22+,23+,24+,25+,26+,27+,28+,29+,30+,31+,32-,33-,34+,35+,36+,37-,38-,39+,40+,41+,42+,43+,44+,45-,46?,47-,48-,49-,50-,51-,53+/m0/s1. The van der Waals surface area contributed by atoms with Crippen LogP contribution in [0, 0.1) is 0 Å². The number of amides is 4. The third kappa shape index (κ3) is 17.0. The molecule has 0 saturated carbocycles. The number of carbonyl (C=O) groups is 5. The number of hydrogen-bond donors (Lipinski definition) is 23. The first-order valence-corrected chi connectivity index (χ1v) is 29.9. The molecule has 41 nitrogen and oxygen atoms in total. The third-order valence-electron chi connectivity index (χ3n) is 17.0. The van der Waals surface area contributed by atoms with Crippen LogP contribution in [0.3, 0.4) is 0 Å². The van der Waals surface area contributed by atoms with E-state index < -0.39 is 289 Å². The highest BCUT2D eigenvalue weighted by molar-refractivity contribution is 5.77. The first kappa shape index (κ1) is 77.5. The number of rotatable bonds is 24. The van der Waals surface area contributed by atoms with Crippen LogP contribution >= 0.6 is 0 Å². The van der Waals surface area contributed by atoms with E-state index in [4.69, 9.17) is 61.6 Å². The molecule has 0 aromatic heterocycles. The van der Waals surface area contributed by atoms with Gasteiger partial charge in [0.05, 0.1) is 57.4 Å². The van der Waals surface area contributed by atoms with Gasteiger partial charge in [-0.1, -0.05) is 0 Å².